The van der Waals surface area contributed by atoms with Gasteiger partial charge in [-0.15, -0.1) is 0 Å². The van der Waals surface area contributed by atoms with Gasteiger partial charge in [-0.1, -0.05) is 32.4 Å². The highest BCUT2D eigenvalue weighted by atomic mass is 19.1. The van der Waals surface area contributed by atoms with Crippen molar-refractivity contribution >= 4 is 5.78 Å². The van der Waals surface area contributed by atoms with Crippen LogP contribution in [-0.2, 0) is 10.2 Å². The molecular formula is C16H23FO. The van der Waals surface area contributed by atoms with E-state index in [9.17, 15) is 9.18 Å². The Kier molecular flexibility index (Phi) is 5.06. The summed E-state index contributed by atoms with van der Waals surface area (Å²) in [5, 5.41) is 0. The Labute approximate surface area is 109 Å². The van der Waals surface area contributed by atoms with Gasteiger partial charge in [0.25, 0.3) is 0 Å². The summed E-state index contributed by atoms with van der Waals surface area (Å²) in [6.07, 6.45) is 2.61. The first-order valence-electron chi connectivity index (χ1n) is 6.63. The fourth-order valence-corrected chi connectivity index (χ4v) is 2.01. The standard InChI is InChI=1S/C16H23FO/c1-12(2)6-5-7-15(18)16(3,4)13-8-10-14(17)11-9-13/h8-12H,5-7H2,1-4H3. The minimum atomic E-state index is -0.523. The number of Topliss-reactive ketones (excluding diaryl/α,β-unsaturated/α-hetero) is 1. The van der Waals surface area contributed by atoms with Crippen molar-refractivity contribution < 1.29 is 9.18 Å². The van der Waals surface area contributed by atoms with Crippen molar-refractivity contribution in [1.82, 2.24) is 0 Å². The largest absolute Gasteiger partial charge is 0.299 e. The lowest BCUT2D eigenvalue weighted by molar-refractivity contribution is -0.123. The van der Waals surface area contributed by atoms with Crippen molar-refractivity contribution in [3.05, 3.63) is 35.6 Å². The molecular weight excluding hydrogens is 227 g/mol. The van der Waals surface area contributed by atoms with Gasteiger partial charge in [0.05, 0.1) is 0 Å². The average molecular weight is 250 g/mol. The van der Waals surface area contributed by atoms with Crippen LogP contribution in [0.3, 0.4) is 0 Å². The molecule has 1 nitrogen and oxygen atoms in total. The Morgan fingerprint density at radius 3 is 2.28 bits per heavy atom. The van der Waals surface area contributed by atoms with Crippen molar-refractivity contribution in [2.24, 2.45) is 5.92 Å². The molecule has 1 rings (SSSR count). The third kappa shape index (κ3) is 3.94. The van der Waals surface area contributed by atoms with Crippen LogP contribution in [0, 0.1) is 11.7 Å². The van der Waals surface area contributed by atoms with Crippen LogP contribution in [0.1, 0.15) is 52.5 Å². The number of ketones is 1. The van der Waals surface area contributed by atoms with E-state index in [2.05, 4.69) is 13.8 Å². The molecule has 0 aromatic heterocycles. The van der Waals surface area contributed by atoms with Crippen LogP contribution in [-0.4, -0.2) is 5.78 Å². The van der Waals surface area contributed by atoms with Crippen LogP contribution in [0.5, 0.6) is 0 Å². The van der Waals surface area contributed by atoms with Crippen LogP contribution in [0.25, 0.3) is 0 Å². The fraction of sp³-hybridized carbons (Fsp3) is 0.562. The molecule has 0 aliphatic carbocycles. The molecule has 0 saturated carbocycles. The van der Waals surface area contributed by atoms with Crippen LogP contribution in [0.15, 0.2) is 24.3 Å². The van der Waals surface area contributed by atoms with E-state index >= 15 is 0 Å². The monoisotopic (exact) mass is 250 g/mol. The van der Waals surface area contributed by atoms with Gasteiger partial charge in [0.2, 0.25) is 0 Å². The molecule has 0 radical (unpaired) electrons. The molecule has 1 aromatic carbocycles. The highest BCUT2D eigenvalue weighted by Gasteiger charge is 2.28. The van der Waals surface area contributed by atoms with E-state index in [1.54, 1.807) is 12.1 Å². The Hall–Kier alpha value is -1.18. The maximum atomic E-state index is 12.9. The second-order valence-electron chi connectivity index (χ2n) is 5.84. The van der Waals surface area contributed by atoms with E-state index in [-0.39, 0.29) is 11.6 Å². The van der Waals surface area contributed by atoms with Crippen molar-refractivity contribution in [1.29, 1.82) is 0 Å². The quantitative estimate of drug-likeness (QED) is 0.726. The number of hydrogen-bond acceptors (Lipinski definition) is 1. The summed E-state index contributed by atoms with van der Waals surface area (Å²) in [6.45, 7) is 8.15. The SMILES string of the molecule is CC(C)CCCC(=O)C(C)(C)c1ccc(F)cc1. The summed E-state index contributed by atoms with van der Waals surface area (Å²) in [6, 6.07) is 6.24. The number of halogens is 1. The predicted molar refractivity (Wildman–Crippen MR) is 73.1 cm³/mol. The van der Waals surface area contributed by atoms with Gasteiger partial charge in [0, 0.05) is 11.8 Å². The van der Waals surface area contributed by atoms with E-state index in [1.165, 1.54) is 12.1 Å². The van der Waals surface area contributed by atoms with Gasteiger partial charge >= 0.3 is 0 Å². The minimum absolute atomic E-state index is 0.231. The number of rotatable bonds is 6. The highest BCUT2D eigenvalue weighted by molar-refractivity contribution is 5.89. The Morgan fingerprint density at radius 1 is 1.22 bits per heavy atom. The van der Waals surface area contributed by atoms with Crippen LogP contribution in [0.4, 0.5) is 4.39 Å². The molecule has 100 valence electrons. The highest BCUT2D eigenvalue weighted by Crippen LogP contribution is 2.26. The summed E-state index contributed by atoms with van der Waals surface area (Å²) in [4.78, 5) is 12.2. The predicted octanol–water partition coefficient (Wildman–Crippen LogP) is 4.50. The lowest BCUT2D eigenvalue weighted by atomic mass is 9.78. The van der Waals surface area contributed by atoms with Crippen LogP contribution >= 0.6 is 0 Å². The molecule has 0 bridgehead atoms. The lowest BCUT2D eigenvalue weighted by Gasteiger charge is -2.24. The van der Waals surface area contributed by atoms with Gasteiger partial charge in [0.15, 0.2) is 0 Å². The summed E-state index contributed by atoms with van der Waals surface area (Å²) in [5.41, 5.74) is 0.364. The minimum Gasteiger partial charge on any atom is -0.299 e. The molecule has 0 heterocycles. The summed E-state index contributed by atoms with van der Waals surface area (Å²) < 4.78 is 12.9. The molecule has 0 atom stereocenters. The van der Waals surface area contributed by atoms with Crippen molar-refractivity contribution in [2.45, 2.75) is 52.4 Å². The molecule has 0 N–H and O–H groups in total. The first-order chi connectivity index (χ1) is 8.34. The molecule has 0 spiro atoms. The van der Waals surface area contributed by atoms with Gasteiger partial charge in [-0.2, -0.15) is 0 Å². The smallest absolute Gasteiger partial charge is 0.142 e. The molecule has 0 unspecified atom stereocenters. The molecule has 2 heteroatoms. The van der Waals surface area contributed by atoms with Gasteiger partial charge in [0.1, 0.15) is 11.6 Å². The maximum Gasteiger partial charge on any atom is 0.142 e. The van der Waals surface area contributed by atoms with E-state index in [0.717, 1.165) is 18.4 Å². The summed E-state index contributed by atoms with van der Waals surface area (Å²) in [7, 11) is 0. The summed E-state index contributed by atoms with van der Waals surface area (Å²) in [5.74, 6) is 0.600. The van der Waals surface area contributed by atoms with Gasteiger partial charge in [-0.05, 0) is 43.9 Å². The molecule has 0 saturated heterocycles. The molecule has 0 aliphatic heterocycles. The van der Waals surface area contributed by atoms with Crippen molar-refractivity contribution in [2.75, 3.05) is 0 Å². The van der Waals surface area contributed by atoms with E-state index in [1.807, 2.05) is 13.8 Å². The molecule has 18 heavy (non-hydrogen) atoms. The normalized spacial score (nSPS) is 11.9. The van der Waals surface area contributed by atoms with Gasteiger partial charge in [-0.3, -0.25) is 4.79 Å². The van der Waals surface area contributed by atoms with Crippen molar-refractivity contribution in [3.8, 4) is 0 Å². The zero-order chi connectivity index (χ0) is 13.8. The third-order valence-electron chi connectivity index (χ3n) is 3.45. The van der Waals surface area contributed by atoms with Gasteiger partial charge < -0.3 is 0 Å². The first-order valence-corrected chi connectivity index (χ1v) is 6.63. The van der Waals surface area contributed by atoms with Crippen LogP contribution in [0.2, 0.25) is 0 Å². The number of hydrogen-bond donors (Lipinski definition) is 0. The summed E-state index contributed by atoms with van der Waals surface area (Å²) >= 11 is 0. The molecule has 0 aliphatic rings. The number of carbonyl (C=O) groups excluding carboxylic acids is 1. The second kappa shape index (κ2) is 6.12. The topological polar surface area (TPSA) is 17.1 Å². The molecule has 0 fully saturated rings. The zero-order valence-electron chi connectivity index (χ0n) is 11.8. The van der Waals surface area contributed by atoms with E-state index in [4.69, 9.17) is 0 Å². The second-order valence-corrected chi connectivity index (χ2v) is 5.84. The third-order valence-corrected chi connectivity index (χ3v) is 3.45. The van der Waals surface area contributed by atoms with Crippen molar-refractivity contribution in [3.63, 3.8) is 0 Å². The molecule has 1 aromatic rings. The van der Waals surface area contributed by atoms with E-state index < -0.39 is 5.41 Å². The fourth-order valence-electron chi connectivity index (χ4n) is 2.01. The van der Waals surface area contributed by atoms with E-state index in [0.29, 0.717) is 12.3 Å². The Morgan fingerprint density at radius 2 is 1.78 bits per heavy atom. The number of benzene rings is 1. The Bertz CT molecular complexity index is 390. The first kappa shape index (κ1) is 14.9. The molecule has 0 amide bonds. The zero-order valence-corrected chi connectivity index (χ0v) is 11.8. The van der Waals surface area contributed by atoms with Crippen LogP contribution < -0.4 is 0 Å². The number of carbonyl (C=O) groups is 1. The maximum absolute atomic E-state index is 12.9. The van der Waals surface area contributed by atoms with Gasteiger partial charge in [-0.25, -0.2) is 4.39 Å². The Balaban J connectivity index is 2.67. The lowest BCUT2D eigenvalue weighted by Crippen LogP contribution is -2.28. The average Bonchev–Trinajstić information content (AvgIpc) is 2.28.